The SMILES string of the molecule is Cc1cc2occ(CC(=O)NCCCCOc3ccc(F)cc3)c2cc1C. The number of ether oxygens (including phenoxy) is 1. The van der Waals surface area contributed by atoms with E-state index >= 15 is 0 Å². The maximum absolute atomic E-state index is 12.8. The fourth-order valence-electron chi connectivity index (χ4n) is 2.88. The molecule has 1 aromatic heterocycles. The van der Waals surface area contributed by atoms with Crippen LogP contribution in [0.1, 0.15) is 29.5 Å². The van der Waals surface area contributed by atoms with Gasteiger partial charge in [0.15, 0.2) is 0 Å². The van der Waals surface area contributed by atoms with Gasteiger partial charge in [-0.3, -0.25) is 4.79 Å². The quantitative estimate of drug-likeness (QED) is 0.585. The fraction of sp³-hybridized carbons (Fsp3) is 0.318. The Labute approximate surface area is 158 Å². The molecule has 0 atom stereocenters. The fourth-order valence-corrected chi connectivity index (χ4v) is 2.88. The summed E-state index contributed by atoms with van der Waals surface area (Å²) < 4.78 is 23.9. The number of rotatable bonds is 8. The smallest absolute Gasteiger partial charge is 0.224 e. The summed E-state index contributed by atoms with van der Waals surface area (Å²) >= 11 is 0. The van der Waals surface area contributed by atoms with Crippen LogP contribution in [0, 0.1) is 19.7 Å². The molecule has 0 fully saturated rings. The number of halogens is 1. The minimum Gasteiger partial charge on any atom is -0.494 e. The second-order valence-corrected chi connectivity index (χ2v) is 6.73. The Kier molecular flexibility index (Phi) is 6.12. The minimum absolute atomic E-state index is 0.0182. The Balaban J connectivity index is 1.39. The second kappa shape index (κ2) is 8.71. The summed E-state index contributed by atoms with van der Waals surface area (Å²) in [5.74, 6) is 0.356. The van der Waals surface area contributed by atoms with Crippen LogP contribution in [0.2, 0.25) is 0 Å². The number of amides is 1. The molecule has 0 unspecified atom stereocenters. The van der Waals surface area contributed by atoms with Crippen LogP contribution in [-0.4, -0.2) is 19.1 Å². The van der Waals surface area contributed by atoms with Crippen molar-refractivity contribution in [2.45, 2.75) is 33.1 Å². The summed E-state index contributed by atoms with van der Waals surface area (Å²) in [6.45, 7) is 5.23. The largest absolute Gasteiger partial charge is 0.494 e. The van der Waals surface area contributed by atoms with Crippen LogP contribution in [0.5, 0.6) is 5.75 Å². The van der Waals surface area contributed by atoms with Crippen molar-refractivity contribution in [3.05, 3.63) is 65.2 Å². The van der Waals surface area contributed by atoms with E-state index < -0.39 is 0 Å². The van der Waals surface area contributed by atoms with E-state index in [1.807, 2.05) is 13.0 Å². The zero-order valence-electron chi connectivity index (χ0n) is 15.7. The van der Waals surface area contributed by atoms with Crippen molar-refractivity contribution in [2.24, 2.45) is 0 Å². The molecule has 0 bridgehead atoms. The summed E-state index contributed by atoms with van der Waals surface area (Å²) in [7, 11) is 0. The predicted octanol–water partition coefficient (Wildman–Crippen LogP) is 4.71. The monoisotopic (exact) mass is 369 g/mol. The van der Waals surface area contributed by atoms with Crippen LogP contribution < -0.4 is 10.1 Å². The summed E-state index contributed by atoms with van der Waals surface area (Å²) in [5.41, 5.74) is 4.09. The number of carbonyl (C=O) groups excluding carboxylic acids is 1. The van der Waals surface area contributed by atoms with E-state index in [0.717, 1.165) is 29.4 Å². The highest BCUT2D eigenvalue weighted by Gasteiger charge is 2.11. The zero-order chi connectivity index (χ0) is 19.2. The average molecular weight is 369 g/mol. The molecule has 0 aliphatic carbocycles. The summed E-state index contributed by atoms with van der Waals surface area (Å²) in [5, 5.41) is 3.93. The molecule has 0 saturated carbocycles. The molecule has 4 nitrogen and oxygen atoms in total. The Hall–Kier alpha value is -2.82. The van der Waals surface area contributed by atoms with Crippen molar-refractivity contribution in [2.75, 3.05) is 13.2 Å². The average Bonchev–Trinajstić information content (AvgIpc) is 3.01. The van der Waals surface area contributed by atoms with E-state index in [-0.39, 0.29) is 11.7 Å². The first-order valence-corrected chi connectivity index (χ1v) is 9.15. The number of hydrogen-bond donors (Lipinski definition) is 1. The van der Waals surface area contributed by atoms with E-state index in [4.69, 9.17) is 9.15 Å². The lowest BCUT2D eigenvalue weighted by atomic mass is 10.0. The minimum atomic E-state index is -0.277. The highest BCUT2D eigenvalue weighted by molar-refractivity contribution is 5.88. The highest BCUT2D eigenvalue weighted by Crippen LogP contribution is 2.25. The molecule has 1 N–H and O–H groups in total. The van der Waals surface area contributed by atoms with Crippen molar-refractivity contribution in [3.8, 4) is 5.75 Å². The molecule has 0 saturated heterocycles. The summed E-state index contributed by atoms with van der Waals surface area (Å²) in [6, 6.07) is 10.0. The van der Waals surface area contributed by atoms with Crippen molar-refractivity contribution >= 4 is 16.9 Å². The van der Waals surface area contributed by atoms with Crippen LogP contribution in [0.15, 0.2) is 47.1 Å². The number of furan rings is 1. The molecule has 0 spiro atoms. The van der Waals surface area contributed by atoms with Gasteiger partial charge in [-0.05, 0) is 74.2 Å². The molecule has 2 aromatic carbocycles. The van der Waals surface area contributed by atoms with Crippen molar-refractivity contribution in [1.29, 1.82) is 0 Å². The van der Waals surface area contributed by atoms with Crippen molar-refractivity contribution < 1.29 is 18.3 Å². The van der Waals surface area contributed by atoms with Crippen LogP contribution in [0.3, 0.4) is 0 Å². The number of nitrogens with one attached hydrogen (secondary N) is 1. The summed E-state index contributed by atoms with van der Waals surface area (Å²) in [4.78, 5) is 12.2. The number of hydrogen-bond acceptors (Lipinski definition) is 3. The van der Waals surface area contributed by atoms with Crippen molar-refractivity contribution in [1.82, 2.24) is 5.32 Å². The predicted molar refractivity (Wildman–Crippen MR) is 104 cm³/mol. The molecule has 1 heterocycles. The number of unbranched alkanes of at least 4 members (excludes halogenated alkanes) is 1. The van der Waals surface area contributed by atoms with Gasteiger partial charge in [0.1, 0.15) is 17.1 Å². The number of benzene rings is 2. The van der Waals surface area contributed by atoms with Gasteiger partial charge >= 0.3 is 0 Å². The maximum Gasteiger partial charge on any atom is 0.224 e. The highest BCUT2D eigenvalue weighted by atomic mass is 19.1. The van der Waals surface area contributed by atoms with E-state index in [0.29, 0.717) is 25.3 Å². The zero-order valence-corrected chi connectivity index (χ0v) is 15.7. The van der Waals surface area contributed by atoms with Gasteiger partial charge in [-0.2, -0.15) is 0 Å². The van der Waals surface area contributed by atoms with Gasteiger partial charge in [-0.25, -0.2) is 4.39 Å². The van der Waals surface area contributed by atoms with Crippen molar-refractivity contribution in [3.63, 3.8) is 0 Å². The lowest BCUT2D eigenvalue weighted by Gasteiger charge is -2.07. The number of aryl methyl sites for hydroxylation is 2. The first-order chi connectivity index (χ1) is 13.0. The standard InChI is InChI=1S/C22H24FNO3/c1-15-11-20-17(14-27-21(20)12-16(15)2)13-22(25)24-9-3-4-10-26-19-7-5-18(23)6-8-19/h5-8,11-12,14H,3-4,9-10,13H2,1-2H3,(H,24,25). The normalized spacial score (nSPS) is 10.9. The third kappa shape index (κ3) is 5.09. The molecule has 5 heteroatoms. The molecule has 27 heavy (non-hydrogen) atoms. The molecule has 3 aromatic rings. The maximum atomic E-state index is 12.8. The topological polar surface area (TPSA) is 51.5 Å². The molecule has 0 aliphatic heterocycles. The van der Waals surface area contributed by atoms with Crippen LogP contribution in [0.25, 0.3) is 11.0 Å². The molecular formula is C22H24FNO3. The number of fused-ring (bicyclic) bond motifs is 1. The van der Waals surface area contributed by atoms with E-state index in [1.165, 1.54) is 23.3 Å². The molecule has 0 radical (unpaired) electrons. The van der Waals surface area contributed by atoms with Gasteiger partial charge in [0.05, 0.1) is 19.3 Å². The van der Waals surface area contributed by atoms with Gasteiger partial charge in [-0.15, -0.1) is 0 Å². The Bertz CT molecular complexity index is 915. The molecular weight excluding hydrogens is 345 g/mol. The summed E-state index contributed by atoms with van der Waals surface area (Å²) in [6.07, 6.45) is 3.60. The molecule has 1 amide bonds. The first-order valence-electron chi connectivity index (χ1n) is 9.15. The van der Waals surface area contributed by atoms with Crippen LogP contribution >= 0.6 is 0 Å². The Morgan fingerprint density at radius 2 is 1.85 bits per heavy atom. The van der Waals surface area contributed by atoms with E-state index in [2.05, 4.69) is 18.3 Å². The van der Waals surface area contributed by atoms with E-state index in [9.17, 15) is 9.18 Å². The number of carbonyl (C=O) groups is 1. The third-order valence-electron chi connectivity index (χ3n) is 4.60. The lowest BCUT2D eigenvalue weighted by Crippen LogP contribution is -2.26. The first kappa shape index (κ1) is 19.0. The van der Waals surface area contributed by atoms with Crippen LogP contribution in [0.4, 0.5) is 4.39 Å². The Morgan fingerprint density at radius 1 is 1.11 bits per heavy atom. The van der Waals surface area contributed by atoms with E-state index in [1.54, 1.807) is 18.4 Å². The Morgan fingerprint density at radius 3 is 2.63 bits per heavy atom. The molecule has 142 valence electrons. The molecule has 0 aliphatic rings. The van der Waals surface area contributed by atoms with Gasteiger partial charge in [0.25, 0.3) is 0 Å². The van der Waals surface area contributed by atoms with Gasteiger partial charge < -0.3 is 14.5 Å². The third-order valence-corrected chi connectivity index (χ3v) is 4.60. The molecule has 3 rings (SSSR count). The lowest BCUT2D eigenvalue weighted by molar-refractivity contribution is -0.120. The van der Waals surface area contributed by atoms with Gasteiger partial charge in [0.2, 0.25) is 5.91 Å². The van der Waals surface area contributed by atoms with Gasteiger partial charge in [-0.1, -0.05) is 0 Å². The second-order valence-electron chi connectivity index (χ2n) is 6.73. The van der Waals surface area contributed by atoms with Gasteiger partial charge in [0, 0.05) is 17.5 Å². The van der Waals surface area contributed by atoms with Crippen LogP contribution in [-0.2, 0) is 11.2 Å².